The first kappa shape index (κ1) is 17.6. The molecule has 4 rings (SSSR count). The van der Waals surface area contributed by atoms with Crippen LogP contribution in [0.2, 0.25) is 0 Å². The summed E-state index contributed by atoms with van der Waals surface area (Å²) in [6.07, 6.45) is 5.22. The van der Waals surface area contributed by atoms with E-state index in [0.29, 0.717) is 0 Å². The van der Waals surface area contributed by atoms with Crippen molar-refractivity contribution in [1.82, 2.24) is 0 Å². The van der Waals surface area contributed by atoms with Crippen molar-refractivity contribution in [2.45, 2.75) is 19.3 Å². The number of ether oxygens (including phenoxy) is 4. The van der Waals surface area contributed by atoms with E-state index < -0.39 is 0 Å². The van der Waals surface area contributed by atoms with Crippen molar-refractivity contribution in [1.29, 1.82) is 0 Å². The van der Waals surface area contributed by atoms with Crippen LogP contribution in [0.3, 0.4) is 0 Å². The van der Waals surface area contributed by atoms with E-state index in [0.717, 1.165) is 48.8 Å². The number of benzene rings is 2. The summed E-state index contributed by atoms with van der Waals surface area (Å²) in [6.45, 7) is 0.952. The summed E-state index contributed by atoms with van der Waals surface area (Å²) in [5, 5.41) is 0. The number of aryl methyl sites for hydroxylation is 1. The second-order valence-electron chi connectivity index (χ2n) is 6.75. The third-order valence-electron chi connectivity index (χ3n) is 5.39. The van der Waals surface area contributed by atoms with Crippen LogP contribution in [0, 0.1) is 0 Å². The molecule has 0 spiro atoms. The topological polar surface area (TPSA) is 40.2 Å². The van der Waals surface area contributed by atoms with E-state index in [9.17, 15) is 0 Å². The lowest BCUT2D eigenvalue weighted by molar-refractivity contribution is 0.354. The maximum atomic E-state index is 5.55. The van der Waals surface area contributed by atoms with Gasteiger partial charge in [0.05, 0.1) is 28.4 Å². The Balaban J connectivity index is 1.84. The Bertz CT molecular complexity index is 904. The molecule has 0 saturated heterocycles. The zero-order valence-electron chi connectivity index (χ0n) is 16.3. The molecule has 2 aliphatic heterocycles. The van der Waals surface area contributed by atoms with Crippen molar-refractivity contribution in [3.8, 4) is 23.0 Å². The number of nitrogens with zero attached hydrogens (tertiary/aromatic N) is 1. The standard InChI is InChI=1S/C22H25NO4/c1-24-19-10-14-6-5-9-23-17(16(14)12-21(19)26-3)8-7-15-11-20(25-2)22(27-4)13-18(15)23/h8,10-13H,5-7,9H2,1-4H3. The Kier molecular flexibility index (Phi) is 4.60. The normalized spacial score (nSPS) is 15.0. The number of fused-ring (bicyclic) bond motifs is 5. The number of hydrogen-bond acceptors (Lipinski definition) is 5. The molecule has 5 nitrogen and oxygen atoms in total. The van der Waals surface area contributed by atoms with Crippen molar-refractivity contribution in [3.63, 3.8) is 0 Å². The summed E-state index contributed by atoms with van der Waals surface area (Å²) >= 11 is 0. The number of rotatable bonds is 4. The highest BCUT2D eigenvalue weighted by molar-refractivity contribution is 5.87. The molecule has 0 atom stereocenters. The van der Waals surface area contributed by atoms with Gasteiger partial charge in [0.1, 0.15) is 0 Å². The van der Waals surface area contributed by atoms with Gasteiger partial charge < -0.3 is 23.8 Å². The third kappa shape index (κ3) is 2.87. The maximum absolute atomic E-state index is 5.55. The Morgan fingerprint density at radius 3 is 2.00 bits per heavy atom. The lowest BCUT2D eigenvalue weighted by Crippen LogP contribution is -2.25. The van der Waals surface area contributed by atoms with E-state index >= 15 is 0 Å². The monoisotopic (exact) mass is 367 g/mol. The first-order valence-electron chi connectivity index (χ1n) is 9.18. The zero-order chi connectivity index (χ0) is 19.0. The van der Waals surface area contributed by atoms with E-state index in [1.165, 1.54) is 28.1 Å². The number of allylic oxidation sites excluding steroid dienone is 1. The van der Waals surface area contributed by atoms with Gasteiger partial charge in [0.15, 0.2) is 23.0 Å². The van der Waals surface area contributed by atoms with E-state index in [4.69, 9.17) is 18.9 Å². The molecule has 142 valence electrons. The molecular formula is C22H25NO4. The minimum atomic E-state index is 0.759. The molecule has 27 heavy (non-hydrogen) atoms. The minimum absolute atomic E-state index is 0.759. The molecule has 0 radical (unpaired) electrons. The largest absolute Gasteiger partial charge is 0.493 e. The lowest BCUT2D eigenvalue weighted by Gasteiger charge is -2.32. The minimum Gasteiger partial charge on any atom is -0.493 e. The first-order chi connectivity index (χ1) is 13.2. The van der Waals surface area contributed by atoms with Crippen LogP contribution >= 0.6 is 0 Å². The van der Waals surface area contributed by atoms with Crippen LogP contribution in [0.25, 0.3) is 5.70 Å². The third-order valence-corrected chi connectivity index (χ3v) is 5.39. The van der Waals surface area contributed by atoms with Gasteiger partial charge in [0.25, 0.3) is 0 Å². The average Bonchev–Trinajstić information content (AvgIpc) is 2.90. The van der Waals surface area contributed by atoms with Crippen molar-refractivity contribution < 1.29 is 18.9 Å². The van der Waals surface area contributed by atoms with Gasteiger partial charge in [-0.3, -0.25) is 0 Å². The molecule has 0 N–H and O–H groups in total. The molecule has 2 aromatic carbocycles. The SMILES string of the molecule is COc1cc2c(cc1OC)C1=CCc3cc(OC)c(OC)cc3N1CCC2. The Labute approximate surface area is 160 Å². The van der Waals surface area contributed by atoms with Gasteiger partial charge in [-0.1, -0.05) is 6.08 Å². The highest BCUT2D eigenvalue weighted by atomic mass is 16.5. The van der Waals surface area contributed by atoms with Gasteiger partial charge in [-0.15, -0.1) is 0 Å². The number of anilines is 1. The molecule has 2 aliphatic rings. The second kappa shape index (κ2) is 7.06. The van der Waals surface area contributed by atoms with Crippen LogP contribution in [0.5, 0.6) is 23.0 Å². The van der Waals surface area contributed by atoms with E-state index in [2.05, 4.69) is 35.2 Å². The summed E-state index contributed by atoms with van der Waals surface area (Å²) < 4.78 is 22.1. The van der Waals surface area contributed by atoms with Crippen LogP contribution in [-0.2, 0) is 12.8 Å². The summed E-state index contributed by atoms with van der Waals surface area (Å²) in [6, 6.07) is 8.39. The van der Waals surface area contributed by atoms with Gasteiger partial charge in [0.2, 0.25) is 0 Å². The van der Waals surface area contributed by atoms with Crippen molar-refractivity contribution in [2.75, 3.05) is 39.9 Å². The van der Waals surface area contributed by atoms with Crippen LogP contribution in [-0.4, -0.2) is 35.0 Å². The van der Waals surface area contributed by atoms with E-state index in [1.807, 2.05) is 0 Å². The summed E-state index contributed by atoms with van der Waals surface area (Å²) in [4.78, 5) is 2.39. The summed E-state index contributed by atoms with van der Waals surface area (Å²) in [5.74, 6) is 3.08. The highest BCUT2D eigenvalue weighted by Gasteiger charge is 2.28. The van der Waals surface area contributed by atoms with Gasteiger partial charge in [0, 0.05) is 29.6 Å². The summed E-state index contributed by atoms with van der Waals surface area (Å²) in [7, 11) is 6.72. The predicted molar refractivity (Wildman–Crippen MR) is 106 cm³/mol. The zero-order valence-corrected chi connectivity index (χ0v) is 16.3. The van der Waals surface area contributed by atoms with Gasteiger partial charge in [-0.25, -0.2) is 0 Å². The molecule has 0 amide bonds. The number of hydrogen-bond donors (Lipinski definition) is 0. The van der Waals surface area contributed by atoms with Crippen LogP contribution < -0.4 is 23.8 Å². The molecule has 0 bridgehead atoms. The fourth-order valence-corrected chi connectivity index (χ4v) is 4.06. The molecule has 0 aromatic heterocycles. The molecule has 0 unspecified atom stereocenters. The molecule has 0 aliphatic carbocycles. The van der Waals surface area contributed by atoms with E-state index in [-0.39, 0.29) is 0 Å². The smallest absolute Gasteiger partial charge is 0.162 e. The van der Waals surface area contributed by atoms with Gasteiger partial charge in [-0.05, 0) is 48.6 Å². The second-order valence-corrected chi connectivity index (χ2v) is 6.75. The van der Waals surface area contributed by atoms with Crippen LogP contribution in [0.1, 0.15) is 23.1 Å². The molecule has 2 aromatic rings. The lowest BCUT2D eigenvalue weighted by atomic mass is 9.96. The maximum Gasteiger partial charge on any atom is 0.162 e. The Morgan fingerprint density at radius 2 is 1.33 bits per heavy atom. The highest BCUT2D eigenvalue weighted by Crippen LogP contribution is 2.44. The number of methoxy groups -OCH3 is 4. The predicted octanol–water partition coefficient (Wildman–Crippen LogP) is 4.07. The molecule has 5 heteroatoms. The molecule has 0 fully saturated rings. The Hall–Kier alpha value is -2.82. The fraction of sp³-hybridized carbons (Fsp3) is 0.364. The van der Waals surface area contributed by atoms with Crippen molar-refractivity contribution in [3.05, 3.63) is 47.0 Å². The van der Waals surface area contributed by atoms with Crippen molar-refractivity contribution >= 4 is 11.4 Å². The van der Waals surface area contributed by atoms with Crippen LogP contribution in [0.15, 0.2) is 30.3 Å². The van der Waals surface area contributed by atoms with Gasteiger partial charge >= 0.3 is 0 Å². The Morgan fingerprint density at radius 1 is 0.741 bits per heavy atom. The quantitative estimate of drug-likeness (QED) is 0.815. The van der Waals surface area contributed by atoms with E-state index in [1.54, 1.807) is 28.4 Å². The van der Waals surface area contributed by atoms with Crippen LogP contribution in [0.4, 0.5) is 5.69 Å². The van der Waals surface area contributed by atoms with Gasteiger partial charge in [-0.2, -0.15) is 0 Å². The average molecular weight is 367 g/mol. The fourth-order valence-electron chi connectivity index (χ4n) is 4.06. The first-order valence-corrected chi connectivity index (χ1v) is 9.18. The summed E-state index contributed by atoms with van der Waals surface area (Å²) in [5.41, 5.74) is 6.17. The molecule has 0 saturated carbocycles. The van der Waals surface area contributed by atoms with Crippen molar-refractivity contribution in [2.24, 2.45) is 0 Å². The molecule has 2 heterocycles. The molecular weight excluding hydrogens is 342 g/mol.